The molecule has 21 heavy (non-hydrogen) atoms. The van der Waals surface area contributed by atoms with Crippen LogP contribution < -0.4 is 5.32 Å². The third kappa shape index (κ3) is 3.47. The van der Waals surface area contributed by atoms with E-state index >= 15 is 0 Å². The van der Waals surface area contributed by atoms with Gasteiger partial charge < -0.3 is 5.32 Å². The molecule has 2 aliphatic rings. The summed E-state index contributed by atoms with van der Waals surface area (Å²) in [5.74, 6) is 1.36. The summed E-state index contributed by atoms with van der Waals surface area (Å²) in [7, 11) is 0. The van der Waals surface area contributed by atoms with E-state index in [1.807, 2.05) is 13.8 Å². The lowest BCUT2D eigenvalue weighted by Gasteiger charge is -2.34. The second-order valence-electron chi connectivity index (χ2n) is 7.00. The van der Waals surface area contributed by atoms with Crippen LogP contribution in [0.3, 0.4) is 0 Å². The fourth-order valence-corrected chi connectivity index (χ4v) is 3.99. The predicted octanol–water partition coefficient (Wildman–Crippen LogP) is 2.72. The molecule has 0 aromatic rings. The predicted molar refractivity (Wildman–Crippen MR) is 83.7 cm³/mol. The molecular weight excluding hydrogens is 264 g/mol. The van der Waals surface area contributed by atoms with Gasteiger partial charge in [-0.15, -0.1) is 0 Å². The molecule has 1 saturated carbocycles. The summed E-state index contributed by atoms with van der Waals surface area (Å²) in [4.78, 5) is 26.3. The van der Waals surface area contributed by atoms with E-state index in [2.05, 4.69) is 19.2 Å². The smallest absolute Gasteiger partial charge is 0.247 e. The average Bonchev–Trinajstić information content (AvgIpc) is 2.71. The number of amides is 2. The minimum Gasteiger partial charge on any atom is -0.302 e. The third-order valence-electron chi connectivity index (χ3n) is 5.34. The Bertz CT molecular complexity index is 392. The highest BCUT2D eigenvalue weighted by Crippen LogP contribution is 2.30. The molecule has 4 atom stereocenters. The molecule has 4 heteroatoms. The van der Waals surface area contributed by atoms with Crippen molar-refractivity contribution in [2.45, 2.75) is 84.3 Å². The average molecular weight is 294 g/mol. The second kappa shape index (κ2) is 6.91. The van der Waals surface area contributed by atoms with Crippen LogP contribution in [0.1, 0.15) is 66.2 Å². The molecule has 1 N–H and O–H groups in total. The van der Waals surface area contributed by atoms with Gasteiger partial charge in [-0.05, 0) is 43.9 Å². The van der Waals surface area contributed by atoms with E-state index in [-0.39, 0.29) is 23.9 Å². The van der Waals surface area contributed by atoms with Crippen LogP contribution >= 0.6 is 0 Å². The first-order chi connectivity index (χ1) is 9.97. The van der Waals surface area contributed by atoms with Crippen molar-refractivity contribution < 1.29 is 9.59 Å². The van der Waals surface area contributed by atoms with Gasteiger partial charge in [-0.3, -0.25) is 14.5 Å². The van der Waals surface area contributed by atoms with Crippen molar-refractivity contribution in [3.8, 4) is 0 Å². The Balaban J connectivity index is 1.99. The number of nitrogens with zero attached hydrogens (tertiary/aromatic N) is 1. The van der Waals surface area contributed by atoms with Gasteiger partial charge in [0.05, 0.1) is 12.5 Å². The van der Waals surface area contributed by atoms with Gasteiger partial charge in [0.25, 0.3) is 0 Å². The largest absolute Gasteiger partial charge is 0.302 e. The minimum atomic E-state index is -0.293. The van der Waals surface area contributed by atoms with Crippen LogP contribution in [0.25, 0.3) is 0 Å². The number of carbonyl (C=O) groups excluding carboxylic acids is 2. The summed E-state index contributed by atoms with van der Waals surface area (Å²) >= 11 is 0. The quantitative estimate of drug-likeness (QED) is 0.793. The SMILES string of the molecule is CCC(CC)N1C(=O)CC(NC2CCC(C)CC2C)C1=O. The van der Waals surface area contributed by atoms with Gasteiger partial charge in [0.2, 0.25) is 11.8 Å². The first-order valence-corrected chi connectivity index (χ1v) is 8.59. The van der Waals surface area contributed by atoms with Crippen molar-refractivity contribution >= 4 is 11.8 Å². The Labute approximate surface area is 128 Å². The number of imide groups is 1. The standard InChI is InChI=1S/C17H30N2O2/c1-5-13(6-2)19-16(20)10-15(17(19)21)18-14-8-7-11(3)9-12(14)4/h11-15,18H,5-10H2,1-4H3. The molecular formula is C17H30N2O2. The summed E-state index contributed by atoms with van der Waals surface area (Å²) in [5, 5.41) is 3.49. The third-order valence-corrected chi connectivity index (χ3v) is 5.34. The normalized spacial score (nSPS) is 34.0. The Morgan fingerprint density at radius 3 is 2.43 bits per heavy atom. The zero-order valence-electron chi connectivity index (χ0n) is 13.9. The van der Waals surface area contributed by atoms with Gasteiger partial charge in [0, 0.05) is 12.1 Å². The van der Waals surface area contributed by atoms with E-state index < -0.39 is 0 Å². The van der Waals surface area contributed by atoms with Crippen molar-refractivity contribution in [3.05, 3.63) is 0 Å². The van der Waals surface area contributed by atoms with Crippen LogP contribution in [0.15, 0.2) is 0 Å². The first-order valence-electron chi connectivity index (χ1n) is 8.59. The molecule has 2 amide bonds. The summed E-state index contributed by atoms with van der Waals surface area (Å²) in [6.07, 6.45) is 5.57. The summed E-state index contributed by atoms with van der Waals surface area (Å²) < 4.78 is 0. The highest BCUT2D eigenvalue weighted by Gasteiger charge is 2.42. The van der Waals surface area contributed by atoms with E-state index in [0.29, 0.717) is 18.4 Å². The molecule has 0 aromatic carbocycles. The second-order valence-corrected chi connectivity index (χ2v) is 7.00. The zero-order valence-corrected chi connectivity index (χ0v) is 13.9. The first kappa shape index (κ1) is 16.5. The molecule has 1 aliphatic carbocycles. The molecule has 1 saturated heterocycles. The number of carbonyl (C=O) groups is 2. The van der Waals surface area contributed by atoms with E-state index in [0.717, 1.165) is 25.2 Å². The monoisotopic (exact) mass is 294 g/mol. The Morgan fingerprint density at radius 1 is 1.19 bits per heavy atom. The minimum absolute atomic E-state index is 0.000443. The topological polar surface area (TPSA) is 49.4 Å². The van der Waals surface area contributed by atoms with Crippen LogP contribution in [-0.2, 0) is 9.59 Å². The molecule has 0 spiro atoms. The molecule has 2 fully saturated rings. The highest BCUT2D eigenvalue weighted by molar-refractivity contribution is 6.05. The molecule has 1 aliphatic heterocycles. The maximum atomic E-state index is 12.6. The van der Waals surface area contributed by atoms with Gasteiger partial charge in [-0.1, -0.05) is 27.7 Å². The van der Waals surface area contributed by atoms with Crippen LogP contribution in [-0.4, -0.2) is 34.8 Å². The van der Waals surface area contributed by atoms with Crippen LogP contribution in [0.4, 0.5) is 0 Å². The number of hydrogen-bond acceptors (Lipinski definition) is 3. The lowest BCUT2D eigenvalue weighted by molar-refractivity contribution is -0.141. The lowest BCUT2D eigenvalue weighted by Crippen LogP contribution is -2.49. The molecule has 1 heterocycles. The van der Waals surface area contributed by atoms with Crippen LogP contribution in [0, 0.1) is 11.8 Å². The summed E-state index contributed by atoms with van der Waals surface area (Å²) in [5.41, 5.74) is 0. The Kier molecular flexibility index (Phi) is 5.42. The van der Waals surface area contributed by atoms with Crippen LogP contribution in [0.2, 0.25) is 0 Å². The van der Waals surface area contributed by atoms with Crippen molar-refractivity contribution in [3.63, 3.8) is 0 Å². The number of nitrogens with one attached hydrogen (secondary N) is 1. The molecule has 0 aromatic heterocycles. The fourth-order valence-electron chi connectivity index (χ4n) is 3.99. The summed E-state index contributed by atoms with van der Waals surface area (Å²) in [6.45, 7) is 8.64. The van der Waals surface area contributed by atoms with Gasteiger partial charge in [0.15, 0.2) is 0 Å². The fraction of sp³-hybridized carbons (Fsp3) is 0.882. The Morgan fingerprint density at radius 2 is 1.86 bits per heavy atom. The van der Waals surface area contributed by atoms with Gasteiger partial charge >= 0.3 is 0 Å². The molecule has 120 valence electrons. The van der Waals surface area contributed by atoms with Gasteiger partial charge in [-0.25, -0.2) is 0 Å². The lowest BCUT2D eigenvalue weighted by atomic mass is 9.79. The molecule has 2 rings (SSSR count). The number of hydrogen-bond donors (Lipinski definition) is 1. The molecule has 4 nitrogen and oxygen atoms in total. The molecule has 4 unspecified atom stereocenters. The maximum Gasteiger partial charge on any atom is 0.247 e. The van der Waals surface area contributed by atoms with Crippen molar-refractivity contribution in [1.29, 1.82) is 0 Å². The highest BCUT2D eigenvalue weighted by atomic mass is 16.2. The van der Waals surface area contributed by atoms with Crippen LogP contribution in [0.5, 0.6) is 0 Å². The zero-order chi connectivity index (χ0) is 15.6. The van der Waals surface area contributed by atoms with E-state index in [1.54, 1.807) is 0 Å². The Hall–Kier alpha value is -0.900. The number of rotatable bonds is 5. The van der Waals surface area contributed by atoms with Gasteiger partial charge in [-0.2, -0.15) is 0 Å². The molecule has 0 bridgehead atoms. The van der Waals surface area contributed by atoms with E-state index in [1.165, 1.54) is 17.7 Å². The maximum absolute atomic E-state index is 12.6. The van der Waals surface area contributed by atoms with Crippen molar-refractivity contribution in [2.75, 3.05) is 0 Å². The van der Waals surface area contributed by atoms with E-state index in [9.17, 15) is 9.59 Å². The molecule has 0 radical (unpaired) electrons. The number of likely N-dealkylation sites (tertiary alicyclic amines) is 1. The van der Waals surface area contributed by atoms with Crippen molar-refractivity contribution in [1.82, 2.24) is 10.2 Å². The van der Waals surface area contributed by atoms with E-state index in [4.69, 9.17) is 0 Å². The van der Waals surface area contributed by atoms with Gasteiger partial charge in [0.1, 0.15) is 0 Å². The summed E-state index contributed by atoms with van der Waals surface area (Å²) in [6, 6.07) is 0.157. The van der Waals surface area contributed by atoms with Crippen molar-refractivity contribution in [2.24, 2.45) is 11.8 Å².